The number of aromatic nitrogens is 2. The van der Waals surface area contributed by atoms with Crippen LogP contribution in [0.25, 0.3) is 11.3 Å². The molecule has 3 aromatic carbocycles. The van der Waals surface area contributed by atoms with E-state index in [9.17, 15) is 4.79 Å². The lowest BCUT2D eigenvalue weighted by Gasteiger charge is -2.15. The highest BCUT2D eigenvalue weighted by atomic mass is 16.5. The van der Waals surface area contributed by atoms with Gasteiger partial charge in [0.05, 0.1) is 11.7 Å². The summed E-state index contributed by atoms with van der Waals surface area (Å²) in [4.78, 5) is 21.3. The summed E-state index contributed by atoms with van der Waals surface area (Å²) in [6.45, 7) is 4.01. The molecule has 1 N–H and O–H groups in total. The van der Waals surface area contributed by atoms with Crippen molar-refractivity contribution in [3.8, 4) is 22.9 Å². The molecular formula is C26H23N3O2. The summed E-state index contributed by atoms with van der Waals surface area (Å²) in [5, 5.41) is 3.03. The van der Waals surface area contributed by atoms with Crippen molar-refractivity contribution in [2.24, 2.45) is 0 Å². The van der Waals surface area contributed by atoms with Crippen LogP contribution in [0, 0.1) is 6.92 Å². The summed E-state index contributed by atoms with van der Waals surface area (Å²) in [7, 11) is 0. The van der Waals surface area contributed by atoms with Gasteiger partial charge in [0.2, 0.25) is 5.88 Å². The number of carbonyl (C=O) groups excluding carboxylic acids is 1. The number of hydrogen-bond acceptors (Lipinski definition) is 4. The van der Waals surface area contributed by atoms with Gasteiger partial charge in [-0.3, -0.25) is 4.79 Å². The Morgan fingerprint density at radius 3 is 2.45 bits per heavy atom. The number of benzene rings is 3. The molecule has 0 aliphatic rings. The van der Waals surface area contributed by atoms with Crippen LogP contribution in [0.4, 0.5) is 0 Å². The van der Waals surface area contributed by atoms with E-state index in [1.165, 1.54) is 11.9 Å². The predicted molar refractivity (Wildman–Crippen MR) is 121 cm³/mol. The van der Waals surface area contributed by atoms with Crippen molar-refractivity contribution >= 4 is 5.91 Å². The highest BCUT2D eigenvalue weighted by Crippen LogP contribution is 2.24. The molecule has 5 heteroatoms. The third-order valence-corrected chi connectivity index (χ3v) is 4.96. The molecule has 5 nitrogen and oxygen atoms in total. The Morgan fingerprint density at radius 1 is 0.903 bits per heavy atom. The molecule has 4 aromatic rings. The normalized spacial score (nSPS) is 11.5. The molecule has 0 aliphatic heterocycles. The molecule has 0 fully saturated rings. The smallest absolute Gasteiger partial charge is 0.251 e. The van der Waals surface area contributed by atoms with Crippen LogP contribution in [0.5, 0.6) is 11.6 Å². The average molecular weight is 409 g/mol. The highest BCUT2D eigenvalue weighted by molar-refractivity contribution is 5.94. The molecule has 4 rings (SSSR count). The minimum absolute atomic E-state index is 0.104. The van der Waals surface area contributed by atoms with Gasteiger partial charge < -0.3 is 10.1 Å². The first-order valence-corrected chi connectivity index (χ1v) is 10.1. The molecule has 0 saturated heterocycles. The van der Waals surface area contributed by atoms with Gasteiger partial charge in [0.1, 0.15) is 12.1 Å². The van der Waals surface area contributed by atoms with Gasteiger partial charge in [-0.1, -0.05) is 66.2 Å². The number of nitrogens with zero attached hydrogens (tertiary/aromatic N) is 2. The van der Waals surface area contributed by atoms with Crippen molar-refractivity contribution < 1.29 is 9.53 Å². The quantitative estimate of drug-likeness (QED) is 0.441. The van der Waals surface area contributed by atoms with E-state index >= 15 is 0 Å². The Hall–Kier alpha value is -3.99. The second-order valence-electron chi connectivity index (χ2n) is 7.34. The molecular weight excluding hydrogens is 386 g/mol. The van der Waals surface area contributed by atoms with E-state index in [1.54, 1.807) is 30.3 Å². The average Bonchev–Trinajstić information content (AvgIpc) is 2.80. The maximum atomic E-state index is 12.7. The van der Waals surface area contributed by atoms with Crippen molar-refractivity contribution in [2.75, 3.05) is 0 Å². The second kappa shape index (κ2) is 9.22. The van der Waals surface area contributed by atoms with E-state index in [0.717, 1.165) is 16.8 Å². The van der Waals surface area contributed by atoms with E-state index in [2.05, 4.69) is 15.3 Å². The molecule has 31 heavy (non-hydrogen) atoms. The van der Waals surface area contributed by atoms with Crippen molar-refractivity contribution in [1.82, 2.24) is 15.3 Å². The molecule has 1 aromatic heterocycles. The summed E-state index contributed by atoms with van der Waals surface area (Å²) in [6.07, 6.45) is 1.47. The summed E-state index contributed by atoms with van der Waals surface area (Å²) < 4.78 is 5.90. The van der Waals surface area contributed by atoms with Crippen molar-refractivity contribution in [1.29, 1.82) is 0 Å². The molecule has 0 unspecified atom stereocenters. The van der Waals surface area contributed by atoms with Gasteiger partial charge in [-0.05, 0) is 37.6 Å². The molecule has 0 spiro atoms. The molecule has 0 bridgehead atoms. The lowest BCUT2D eigenvalue weighted by molar-refractivity contribution is 0.0939. The number of aryl methyl sites for hydroxylation is 1. The van der Waals surface area contributed by atoms with Gasteiger partial charge in [0.15, 0.2) is 0 Å². The van der Waals surface area contributed by atoms with E-state index in [0.29, 0.717) is 17.2 Å². The Bertz CT molecular complexity index is 1170. The monoisotopic (exact) mass is 409 g/mol. The highest BCUT2D eigenvalue weighted by Gasteiger charge is 2.13. The van der Waals surface area contributed by atoms with Crippen LogP contribution in [0.3, 0.4) is 0 Å². The number of carbonyl (C=O) groups is 1. The molecule has 0 aliphatic carbocycles. The van der Waals surface area contributed by atoms with E-state index in [1.807, 2.05) is 68.4 Å². The third kappa shape index (κ3) is 5.14. The predicted octanol–water partition coefficient (Wildman–Crippen LogP) is 5.74. The van der Waals surface area contributed by atoms with Crippen molar-refractivity contribution in [2.45, 2.75) is 19.9 Å². The number of ether oxygens (including phenoxy) is 1. The molecule has 1 amide bonds. The van der Waals surface area contributed by atoms with Gasteiger partial charge in [0, 0.05) is 17.2 Å². The molecule has 0 saturated carbocycles. The molecule has 0 radical (unpaired) electrons. The van der Waals surface area contributed by atoms with Crippen LogP contribution in [0.1, 0.15) is 34.5 Å². The fourth-order valence-electron chi connectivity index (χ4n) is 3.20. The Balaban J connectivity index is 1.47. The first-order valence-electron chi connectivity index (χ1n) is 10.1. The summed E-state index contributed by atoms with van der Waals surface area (Å²) in [5.41, 5.74) is 4.52. The van der Waals surface area contributed by atoms with Gasteiger partial charge >= 0.3 is 0 Å². The second-order valence-corrected chi connectivity index (χ2v) is 7.34. The zero-order chi connectivity index (χ0) is 21.6. The minimum atomic E-state index is -0.161. The van der Waals surface area contributed by atoms with Crippen molar-refractivity contribution in [3.05, 3.63) is 108 Å². The molecule has 1 heterocycles. The maximum absolute atomic E-state index is 12.7. The fourth-order valence-corrected chi connectivity index (χ4v) is 3.20. The third-order valence-electron chi connectivity index (χ3n) is 4.96. The van der Waals surface area contributed by atoms with Gasteiger partial charge in [-0.25, -0.2) is 9.97 Å². The van der Waals surface area contributed by atoms with Crippen LogP contribution < -0.4 is 10.1 Å². The Labute approximate surface area is 181 Å². The topological polar surface area (TPSA) is 64.1 Å². The van der Waals surface area contributed by atoms with E-state index in [4.69, 9.17) is 4.74 Å². The molecule has 1 atom stereocenters. The van der Waals surface area contributed by atoms with Gasteiger partial charge in [-0.15, -0.1) is 0 Å². The summed E-state index contributed by atoms with van der Waals surface area (Å²) in [6, 6.07) is 26.7. The number of hydrogen-bond donors (Lipinski definition) is 1. The van der Waals surface area contributed by atoms with Crippen LogP contribution in [0.2, 0.25) is 0 Å². The van der Waals surface area contributed by atoms with Gasteiger partial charge in [-0.2, -0.15) is 0 Å². The minimum Gasteiger partial charge on any atom is -0.439 e. The SMILES string of the molecule is Cc1ccc([C@@H](C)NC(=O)c2cccc(Oc3cc(-c4ccccc4)ncn3)c2)cc1. The van der Waals surface area contributed by atoms with Crippen molar-refractivity contribution in [3.63, 3.8) is 0 Å². The maximum Gasteiger partial charge on any atom is 0.251 e. The molecule has 154 valence electrons. The first kappa shape index (κ1) is 20.3. The number of amides is 1. The Morgan fingerprint density at radius 2 is 1.68 bits per heavy atom. The summed E-state index contributed by atoms with van der Waals surface area (Å²) in [5.74, 6) is 0.791. The zero-order valence-corrected chi connectivity index (χ0v) is 17.4. The van der Waals surface area contributed by atoms with E-state index in [-0.39, 0.29) is 11.9 Å². The fraction of sp³-hybridized carbons (Fsp3) is 0.115. The zero-order valence-electron chi connectivity index (χ0n) is 17.4. The largest absolute Gasteiger partial charge is 0.439 e. The lowest BCUT2D eigenvalue weighted by atomic mass is 10.1. The standard InChI is InChI=1S/C26H23N3O2/c1-18-11-13-20(14-12-18)19(2)29-26(30)22-9-6-10-23(15-22)31-25-16-24(27-17-28-25)21-7-4-3-5-8-21/h3-17,19H,1-2H3,(H,29,30)/t19-/m1/s1. The summed E-state index contributed by atoms with van der Waals surface area (Å²) >= 11 is 0. The van der Waals surface area contributed by atoms with Gasteiger partial charge in [0.25, 0.3) is 5.91 Å². The van der Waals surface area contributed by atoms with Crippen LogP contribution >= 0.6 is 0 Å². The number of nitrogens with one attached hydrogen (secondary N) is 1. The van der Waals surface area contributed by atoms with Crippen LogP contribution in [-0.2, 0) is 0 Å². The van der Waals surface area contributed by atoms with Crippen LogP contribution in [-0.4, -0.2) is 15.9 Å². The lowest BCUT2D eigenvalue weighted by Crippen LogP contribution is -2.26. The van der Waals surface area contributed by atoms with E-state index < -0.39 is 0 Å². The van der Waals surface area contributed by atoms with Crippen LogP contribution in [0.15, 0.2) is 91.3 Å². The number of rotatable bonds is 6. The Kier molecular flexibility index (Phi) is 6.03. The first-order chi connectivity index (χ1) is 15.1.